The molecule has 2 aromatic carbocycles. The number of imide groups is 1. The van der Waals surface area contributed by atoms with Gasteiger partial charge in [-0.25, -0.2) is 4.79 Å². The molecule has 0 spiro atoms. The van der Waals surface area contributed by atoms with E-state index in [9.17, 15) is 19.2 Å². The van der Waals surface area contributed by atoms with Gasteiger partial charge < -0.3 is 10.1 Å². The number of rotatable bonds is 5. The van der Waals surface area contributed by atoms with Crippen LogP contribution in [0.2, 0.25) is 5.02 Å². The monoisotopic (exact) mass is 534 g/mol. The van der Waals surface area contributed by atoms with Gasteiger partial charge in [0.2, 0.25) is 11.8 Å². The smallest absolute Gasteiger partial charge is 0.338 e. The van der Waals surface area contributed by atoms with Crippen LogP contribution in [0.1, 0.15) is 22.3 Å². The van der Waals surface area contributed by atoms with E-state index in [4.69, 9.17) is 39.5 Å². The van der Waals surface area contributed by atoms with Crippen molar-refractivity contribution in [2.24, 2.45) is 23.7 Å². The Hall–Kier alpha value is -2.61. The lowest BCUT2D eigenvalue weighted by atomic mass is 9.80. The fraction of sp³-hybridized carbons (Fsp3) is 0.360. The first-order valence-electron chi connectivity index (χ1n) is 11.2. The molecule has 2 aliphatic carbocycles. The number of carbonyl (C=O) groups excluding carboxylic acids is 4. The van der Waals surface area contributed by atoms with E-state index in [1.807, 2.05) is 6.92 Å². The standard InChI is InChI=1S/C25H21Cl3N2O5/c1-11-2-5-13(8-17(11)26)29-18(31)10-35-25(34)12-3-6-14(7-4-12)30-23(32)19-15-9-16(20(19)24(30)33)22(28)21(15)27/h2-8,15-16,19-22H,9-10H2,1H3,(H,29,31)/t15-,16-,19-,20+,21-,22+/m1/s1. The summed E-state index contributed by atoms with van der Waals surface area (Å²) >= 11 is 18.8. The number of nitrogens with zero attached hydrogens (tertiary/aromatic N) is 1. The normalized spacial score (nSPS) is 28.9. The van der Waals surface area contributed by atoms with E-state index in [0.29, 0.717) is 22.8 Å². The molecule has 0 aromatic heterocycles. The highest BCUT2D eigenvalue weighted by atomic mass is 35.5. The Morgan fingerprint density at radius 1 is 1.00 bits per heavy atom. The molecule has 10 heteroatoms. The average molecular weight is 536 g/mol. The molecule has 0 unspecified atom stereocenters. The molecule has 35 heavy (non-hydrogen) atoms. The Labute approximate surface area is 216 Å². The van der Waals surface area contributed by atoms with Gasteiger partial charge in [0.1, 0.15) is 0 Å². The van der Waals surface area contributed by atoms with Gasteiger partial charge in [-0.2, -0.15) is 0 Å². The van der Waals surface area contributed by atoms with Gasteiger partial charge in [0, 0.05) is 10.7 Å². The van der Waals surface area contributed by atoms with E-state index in [0.717, 1.165) is 5.56 Å². The van der Waals surface area contributed by atoms with Gasteiger partial charge in [0.15, 0.2) is 6.61 Å². The van der Waals surface area contributed by atoms with Gasteiger partial charge in [-0.1, -0.05) is 17.7 Å². The van der Waals surface area contributed by atoms with Gasteiger partial charge in [-0.3, -0.25) is 19.3 Å². The average Bonchev–Trinajstić information content (AvgIpc) is 3.45. The summed E-state index contributed by atoms with van der Waals surface area (Å²) < 4.78 is 5.08. The number of halogens is 3. The Kier molecular flexibility index (Phi) is 6.28. The molecule has 3 aliphatic rings. The Morgan fingerprint density at radius 3 is 2.17 bits per heavy atom. The number of ether oxygens (including phenoxy) is 1. The largest absolute Gasteiger partial charge is 0.452 e. The molecule has 5 rings (SSSR count). The number of hydrogen-bond acceptors (Lipinski definition) is 5. The zero-order valence-corrected chi connectivity index (χ0v) is 20.8. The van der Waals surface area contributed by atoms with Crippen molar-refractivity contribution in [3.63, 3.8) is 0 Å². The molecule has 1 saturated heterocycles. The molecule has 6 atom stereocenters. The second-order valence-electron chi connectivity index (χ2n) is 9.15. The number of nitrogens with one attached hydrogen (secondary N) is 1. The van der Waals surface area contributed by atoms with Crippen molar-refractivity contribution >= 4 is 69.9 Å². The number of benzene rings is 2. The highest BCUT2D eigenvalue weighted by Gasteiger charge is 2.66. The lowest BCUT2D eigenvalue weighted by Crippen LogP contribution is -2.37. The second kappa shape index (κ2) is 9.12. The molecule has 1 aliphatic heterocycles. The van der Waals surface area contributed by atoms with Crippen molar-refractivity contribution in [2.45, 2.75) is 24.1 Å². The number of carbonyl (C=O) groups is 4. The number of anilines is 2. The summed E-state index contributed by atoms with van der Waals surface area (Å²) in [4.78, 5) is 51.8. The van der Waals surface area contributed by atoms with Crippen molar-refractivity contribution in [2.75, 3.05) is 16.8 Å². The summed E-state index contributed by atoms with van der Waals surface area (Å²) in [6.45, 7) is 1.36. The van der Waals surface area contributed by atoms with Crippen molar-refractivity contribution in [1.29, 1.82) is 0 Å². The zero-order valence-electron chi connectivity index (χ0n) is 18.5. The van der Waals surface area contributed by atoms with Crippen LogP contribution < -0.4 is 10.2 Å². The number of fused-ring (bicyclic) bond motifs is 5. The number of amides is 3. The maximum absolute atomic E-state index is 13.1. The van der Waals surface area contributed by atoms with Crippen LogP contribution in [-0.4, -0.2) is 41.1 Å². The highest BCUT2D eigenvalue weighted by Crippen LogP contribution is 2.59. The second-order valence-corrected chi connectivity index (χ2v) is 10.6. The first-order chi connectivity index (χ1) is 16.7. The number of alkyl halides is 2. The molecule has 7 nitrogen and oxygen atoms in total. The van der Waals surface area contributed by atoms with Gasteiger partial charge in [-0.15, -0.1) is 23.2 Å². The fourth-order valence-electron chi connectivity index (χ4n) is 5.43. The third kappa shape index (κ3) is 4.09. The van der Waals surface area contributed by atoms with Gasteiger partial charge in [-0.05, 0) is 67.1 Å². The van der Waals surface area contributed by atoms with E-state index in [-0.39, 0.29) is 40.0 Å². The number of aryl methyl sites for hydroxylation is 1. The molecule has 2 saturated carbocycles. The van der Waals surface area contributed by atoms with Crippen LogP contribution in [0, 0.1) is 30.6 Å². The quantitative estimate of drug-likeness (QED) is 0.348. The zero-order chi connectivity index (χ0) is 25.0. The van der Waals surface area contributed by atoms with Crippen LogP contribution in [-0.2, 0) is 19.1 Å². The summed E-state index contributed by atoms with van der Waals surface area (Å²) in [5, 5.41) is 2.48. The molecule has 2 aromatic rings. The predicted octanol–water partition coefficient (Wildman–Crippen LogP) is 4.41. The predicted molar refractivity (Wildman–Crippen MR) is 132 cm³/mol. The van der Waals surface area contributed by atoms with Crippen LogP contribution in [0.3, 0.4) is 0 Å². The number of hydrogen-bond donors (Lipinski definition) is 1. The fourth-order valence-corrected chi connectivity index (χ4v) is 6.51. The molecular weight excluding hydrogens is 515 g/mol. The van der Waals surface area contributed by atoms with Crippen LogP contribution in [0.15, 0.2) is 42.5 Å². The first kappa shape index (κ1) is 24.1. The maximum Gasteiger partial charge on any atom is 0.338 e. The molecule has 3 fully saturated rings. The van der Waals surface area contributed by atoms with E-state index in [2.05, 4.69) is 5.32 Å². The van der Waals surface area contributed by atoms with E-state index in [1.54, 1.807) is 18.2 Å². The molecule has 1 heterocycles. The summed E-state index contributed by atoms with van der Waals surface area (Å²) in [6, 6.07) is 11.0. The summed E-state index contributed by atoms with van der Waals surface area (Å²) in [6.07, 6.45) is 0.693. The Bertz CT molecular complexity index is 1200. The minimum atomic E-state index is -0.711. The summed E-state index contributed by atoms with van der Waals surface area (Å²) in [5.74, 6) is -2.88. The van der Waals surface area contributed by atoms with Gasteiger partial charge >= 0.3 is 5.97 Å². The lowest BCUT2D eigenvalue weighted by molar-refractivity contribution is -0.123. The van der Waals surface area contributed by atoms with Crippen LogP contribution in [0.5, 0.6) is 0 Å². The van der Waals surface area contributed by atoms with Gasteiger partial charge in [0.25, 0.3) is 5.91 Å². The van der Waals surface area contributed by atoms with Crippen molar-refractivity contribution in [1.82, 2.24) is 0 Å². The SMILES string of the molecule is Cc1ccc(NC(=O)COC(=O)c2ccc(N3C(=O)[C@@H]4[C@H]5C[C@@H]([C@H](Cl)[C@@H]5Cl)[C@@H]4C3=O)cc2)cc1Cl. The minimum Gasteiger partial charge on any atom is -0.452 e. The third-order valence-corrected chi connectivity index (χ3v) is 8.86. The molecule has 2 bridgehead atoms. The van der Waals surface area contributed by atoms with Crippen LogP contribution >= 0.6 is 34.8 Å². The van der Waals surface area contributed by atoms with E-state index in [1.165, 1.54) is 29.2 Å². The Balaban J connectivity index is 1.21. The van der Waals surface area contributed by atoms with Crippen LogP contribution in [0.25, 0.3) is 0 Å². The van der Waals surface area contributed by atoms with Crippen molar-refractivity contribution in [3.05, 3.63) is 58.6 Å². The molecular formula is C25H21Cl3N2O5. The topological polar surface area (TPSA) is 92.8 Å². The first-order valence-corrected chi connectivity index (χ1v) is 12.4. The Morgan fingerprint density at radius 2 is 1.60 bits per heavy atom. The van der Waals surface area contributed by atoms with Gasteiger partial charge in [0.05, 0.1) is 33.8 Å². The molecule has 3 amide bonds. The van der Waals surface area contributed by atoms with E-state index < -0.39 is 30.3 Å². The third-order valence-electron chi connectivity index (χ3n) is 7.14. The maximum atomic E-state index is 13.1. The molecule has 182 valence electrons. The molecule has 1 N–H and O–H groups in total. The van der Waals surface area contributed by atoms with Crippen molar-refractivity contribution in [3.8, 4) is 0 Å². The van der Waals surface area contributed by atoms with Crippen LogP contribution in [0.4, 0.5) is 11.4 Å². The number of esters is 1. The summed E-state index contributed by atoms with van der Waals surface area (Å²) in [5.41, 5.74) is 1.92. The summed E-state index contributed by atoms with van der Waals surface area (Å²) in [7, 11) is 0. The molecule has 0 radical (unpaired) electrons. The lowest BCUT2D eigenvalue weighted by Gasteiger charge is -2.28. The minimum absolute atomic E-state index is 0.105. The van der Waals surface area contributed by atoms with E-state index >= 15 is 0 Å². The highest BCUT2D eigenvalue weighted by molar-refractivity contribution is 6.32. The van der Waals surface area contributed by atoms with Crippen molar-refractivity contribution < 1.29 is 23.9 Å².